The van der Waals surface area contributed by atoms with E-state index in [-0.39, 0.29) is 25.7 Å². The van der Waals surface area contributed by atoms with Gasteiger partial charge in [0.15, 0.2) is 12.2 Å². The van der Waals surface area contributed by atoms with Crippen molar-refractivity contribution < 1.29 is 80.2 Å². The van der Waals surface area contributed by atoms with E-state index in [1.165, 1.54) is 19.3 Å². The summed E-state index contributed by atoms with van der Waals surface area (Å²) in [5.41, 5.74) is 0. The molecule has 19 heteroatoms. The van der Waals surface area contributed by atoms with Crippen LogP contribution in [0.4, 0.5) is 0 Å². The number of phosphoric acid groups is 2. The van der Waals surface area contributed by atoms with Gasteiger partial charge in [0.05, 0.1) is 26.4 Å². The van der Waals surface area contributed by atoms with E-state index in [2.05, 4.69) is 198 Å². The zero-order valence-electron chi connectivity index (χ0n) is 66.9. The lowest BCUT2D eigenvalue weighted by Gasteiger charge is -2.21. The number of esters is 4. The maximum atomic E-state index is 13.1. The summed E-state index contributed by atoms with van der Waals surface area (Å²) in [4.78, 5) is 73.1. The summed E-state index contributed by atoms with van der Waals surface area (Å²) in [5, 5.41) is 10.7. The van der Waals surface area contributed by atoms with Crippen molar-refractivity contribution in [1.29, 1.82) is 0 Å². The largest absolute Gasteiger partial charge is 0.472 e. The van der Waals surface area contributed by atoms with E-state index in [0.717, 1.165) is 193 Å². The topological polar surface area (TPSA) is 237 Å². The Kier molecular flexibility index (Phi) is 75.0. The predicted octanol–water partition coefficient (Wildman–Crippen LogP) is 24.3. The lowest BCUT2D eigenvalue weighted by atomic mass is 10.1. The third-order valence-corrected chi connectivity index (χ3v) is 18.2. The van der Waals surface area contributed by atoms with Crippen LogP contribution < -0.4 is 0 Å². The molecular formula is C89H144O17P2. The molecule has 612 valence electrons. The standard InChI is InChI=1S/C89H144O17P2/c1-5-9-13-17-21-25-29-33-37-40-41-44-47-50-54-58-62-66-70-74-87(92)100-80-85(106-89(94)76-72-68-64-60-56-52-48-43-39-35-31-27-23-19-15-11-7-3)82-104-108(97,98)102-78-83(90)77-101-107(95,96)103-81-84(105-88(93)75-71-67-63-59-55-51-45-36-32-28-24-20-16-12-8-4)79-99-86(91)73-69-65-61-57-53-49-46-42-38-34-30-26-22-18-14-10-6-2/h9-11,13-15,21-28,33-39,41,44-46,48-49,52,60,64,83-85,90H,5-8,12,16-20,29-32,40,42-43,47,50-51,53-59,61-63,65-82H2,1-4H3,(H,95,96)(H,97,98)/b13-9-,14-10-,15-11-,25-21-,26-22-,27-23-,28-24-,37-33-,38-34-,39-35-,44-41-,45-36-,49-46-,52-48-,64-60-. The van der Waals surface area contributed by atoms with Crippen LogP contribution in [0.15, 0.2) is 182 Å². The van der Waals surface area contributed by atoms with Crippen molar-refractivity contribution in [2.75, 3.05) is 39.6 Å². The highest BCUT2D eigenvalue weighted by atomic mass is 31.2. The van der Waals surface area contributed by atoms with Gasteiger partial charge in [-0.3, -0.25) is 37.3 Å². The summed E-state index contributed by atoms with van der Waals surface area (Å²) in [5.74, 6) is -2.31. The summed E-state index contributed by atoms with van der Waals surface area (Å²) >= 11 is 0. The molecule has 0 aromatic carbocycles. The zero-order valence-corrected chi connectivity index (χ0v) is 68.7. The van der Waals surface area contributed by atoms with E-state index in [9.17, 15) is 43.2 Å². The number of allylic oxidation sites excluding steroid dienone is 30. The Labute approximate surface area is 654 Å². The van der Waals surface area contributed by atoms with Crippen molar-refractivity contribution in [1.82, 2.24) is 0 Å². The maximum absolute atomic E-state index is 13.1. The van der Waals surface area contributed by atoms with Gasteiger partial charge in [-0.2, -0.15) is 0 Å². The molecule has 0 aliphatic rings. The molecule has 5 unspecified atom stereocenters. The Morgan fingerprint density at radius 1 is 0.269 bits per heavy atom. The minimum absolute atomic E-state index is 0.00561. The first-order chi connectivity index (χ1) is 52.7. The third-order valence-electron chi connectivity index (χ3n) is 16.3. The van der Waals surface area contributed by atoms with Gasteiger partial charge in [-0.05, 0) is 173 Å². The number of hydrogen-bond acceptors (Lipinski definition) is 15. The number of hydrogen-bond donors (Lipinski definition) is 3. The lowest BCUT2D eigenvalue weighted by Crippen LogP contribution is -2.30. The van der Waals surface area contributed by atoms with E-state index in [1.807, 2.05) is 12.2 Å². The minimum Gasteiger partial charge on any atom is -0.462 e. The van der Waals surface area contributed by atoms with E-state index in [1.54, 1.807) is 0 Å². The highest BCUT2D eigenvalue weighted by Gasteiger charge is 2.30. The summed E-state index contributed by atoms with van der Waals surface area (Å²) in [6.07, 6.45) is 95.8. The zero-order chi connectivity index (χ0) is 78.9. The number of phosphoric ester groups is 2. The van der Waals surface area contributed by atoms with Crippen LogP contribution >= 0.6 is 15.6 Å². The van der Waals surface area contributed by atoms with Gasteiger partial charge < -0.3 is 33.8 Å². The molecule has 0 radical (unpaired) electrons. The average molecular weight is 1550 g/mol. The quantitative estimate of drug-likeness (QED) is 0.0169. The van der Waals surface area contributed by atoms with Gasteiger partial charge in [-0.25, -0.2) is 9.13 Å². The Bertz CT molecular complexity index is 2760. The van der Waals surface area contributed by atoms with Crippen LogP contribution in [0, 0.1) is 0 Å². The molecule has 17 nitrogen and oxygen atoms in total. The van der Waals surface area contributed by atoms with Gasteiger partial charge in [0.2, 0.25) is 0 Å². The van der Waals surface area contributed by atoms with Crippen molar-refractivity contribution in [2.24, 2.45) is 0 Å². The van der Waals surface area contributed by atoms with Gasteiger partial charge in [0.25, 0.3) is 0 Å². The fourth-order valence-electron chi connectivity index (χ4n) is 10.2. The average Bonchev–Trinajstić information content (AvgIpc) is 0.900. The van der Waals surface area contributed by atoms with Crippen LogP contribution in [0.5, 0.6) is 0 Å². The molecule has 0 fully saturated rings. The second-order valence-corrected chi connectivity index (χ2v) is 29.5. The van der Waals surface area contributed by atoms with Crippen LogP contribution in [0.25, 0.3) is 0 Å². The van der Waals surface area contributed by atoms with Gasteiger partial charge in [-0.15, -0.1) is 0 Å². The van der Waals surface area contributed by atoms with E-state index < -0.39 is 97.5 Å². The smallest absolute Gasteiger partial charge is 0.462 e. The molecule has 5 atom stereocenters. The van der Waals surface area contributed by atoms with Crippen molar-refractivity contribution in [3.8, 4) is 0 Å². The normalized spacial score (nSPS) is 14.8. The van der Waals surface area contributed by atoms with Crippen LogP contribution in [0.1, 0.15) is 297 Å². The first-order valence-electron chi connectivity index (χ1n) is 41.0. The molecule has 0 amide bonds. The Morgan fingerprint density at radius 3 is 0.778 bits per heavy atom. The molecular weight excluding hydrogens is 1400 g/mol. The molecule has 0 rings (SSSR count). The van der Waals surface area contributed by atoms with Crippen LogP contribution in [-0.4, -0.2) is 96.7 Å². The monoisotopic (exact) mass is 1550 g/mol. The molecule has 0 saturated carbocycles. The van der Waals surface area contributed by atoms with Crippen molar-refractivity contribution >= 4 is 39.5 Å². The predicted molar refractivity (Wildman–Crippen MR) is 445 cm³/mol. The fourth-order valence-corrected chi connectivity index (χ4v) is 11.8. The minimum atomic E-state index is -5.01. The van der Waals surface area contributed by atoms with Gasteiger partial charge >= 0.3 is 39.5 Å². The van der Waals surface area contributed by atoms with E-state index >= 15 is 0 Å². The maximum Gasteiger partial charge on any atom is 0.472 e. The Balaban J connectivity index is 5.49. The van der Waals surface area contributed by atoms with Gasteiger partial charge in [-0.1, -0.05) is 281 Å². The molecule has 3 N–H and O–H groups in total. The highest BCUT2D eigenvalue weighted by molar-refractivity contribution is 7.47. The van der Waals surface area contributed by atoms with Gasteiger partial charge in [0, 0.05) is 25.7 Å². The Hall–Kier alpha value is -5.84. The second-order valence-electron chi connectivity index (χ2n) is 26.6. The molecule has 0 aromatic rings. The molecule has 0 saturated heterocycles. The number of carbonyl (C=O) groups is 4. The molecule has 0 spiro atoms. The molecule has 0 aliphatic heterocycles. The number of aliphatic hydroxyl groups is 1. The SMILES string of the molecule is CC/C=C\C/C=C\C/C=C\C/C=C\C/C=C\CCCC(=O)OC(COC(=O)CCCCCCCC/C=C\C/C=C\C/C=C\C/C=C\CC)COP(=O)(O)OCC(O)COP(=O)(O)OCC(COC(=O)CCCCCC/C=C\C/C=C\C/C=C\C/C=C\CC)OC(=O)CCCCCCC/C=C\C/C=C\CCCCC. The van der Waals surface area contributed by atoms with Crippen LogP contribution in [0.3, 0.4) is 0 Å². The number of aliphatic hydroxyl groups excluding tert-OH is 1. The number of ether oxygens (including phenoxy) is 4. The van der Waals surface area contributed by atoms with E-state index in [0.29, 0.717) is 32.1 Å². The number of rotatable bonds is 75. The first-order valence-corrected chi connectivity index (χ1v) is 44.0. The fraction of sp³-hybridized carbons (Fsp3) is 0.618. The molecule has 108 heavy (non-hydrogen) atoms. The van der Waals surface area contributed by atoms with Gasteiger partial charge in [0.1, 0.15) is 19.3 Å². The number of unbranched alkanes of at least 4 members (excludes halogenated alkanes) is 19. The third kappa shape index (κ3) is 78.3. The number of carbonyl (C=O) groups excluding carboxylic acids is 4. The molecule has 0 aromatic heterocycles. The molecule has 0 aliphatic carbocycles. The second kappa shape index (κ2) is 79.3. The lowest BCUT2D eigenvalue weighted by molar-refractivity contribution is -0.161. The molecule has 0 bridgehead atoms. The first kappa shape index (κ1) is 102. The highest BCUT2D eigenvalue weighted by Crippen LogP contribution is 2.45. The summed E-state index contributed by atoms with van der Waals surface area (Å²) in [6, 6.07) is 0. The van der Waals surface area contributed by atoms with Crippen molar-refractivity contribution in [3.05, 3.63) is 182 Å². The molecule has 0 heterocycles. The summed E-state index contributed by atoms with van der Waals surface area (Å²) in [7, 11) is -10.0. The summed E-state index contributed by atoms with van der Waals surface area (Å²) < 4.78 is 68.6. The van der Waals surface area contributed by atoms with E-state index in [4.69, 9.17) is 37.0 Å². The van der Waals surface area contributed by atoms with Crippen molar-refractivity contribution in [2.45, 2.75) is 316 Å². The van der Waals surface area contributed by atoms with Crippen molar-refractivity contribution in [3.63, 3.8) is 0 Å². The summed E-state index contributed by atoms with van der Waals surface area (Å²) in [6.45, 7) is 4.37. The Morgan fingerprint density at radius 2 is 0.491 bits per heavy atom. The van der Waals surface area contributed by atoms with Crippen LogP contribution in [0.2, 0.25) is 0 Å². The van der Waals surface area contributed by atoms with Crippen LogP contribution in [-0.2, 0) is 65.4 Å².